The zero-order valence-electron chi connectivity index (χ0n) is 10.2. The lowest BCUT2D eigenvalue weighted by atomic mass is 10.1. The summed E-state index contributed by atoms with van der Waals surface area (Å²) in [6.07, 6.45) is 0.0262. The minimum Gasteiger partial charge on any atom is -0.481 e. The lowest BCUT2D eigenvalue weighted by molar-refractivity contribution is -0.142. The van der Waals surface area contributed by atoms with Gasteiger partial charge in [0.2, 0.25) is 5.91 Å². The number of ether oxygens (including phenoxy) is 1. The van der Waals surface area contributed by atoms with Gasteiger partial charge in [0.25, 0.3) is 0 Å². The summed E-state index contributed by atoms with van der Waals surface area (Å²) in [5, 5.41) is 8.84. The molecule has 6 heteroatoms. The molecule has 5 nitrogen and oxygen atoms in total. The number of carboxylic acid groups (broad SMARTS) is 1. The molecule has 1 saturated heterocycles. The molecule has 2 unspecified atom stereocenters. The number of carbonyl (C=O) groups excluding carboxylic acids is 1. The third kappa shape index (κ3) is 4.20. The van der Waals surface area contributed by atoms with E-state index in [0.717, 1.165) is 5.75 Å². The van der Waals surface area contributed by atoms with Gasteiger partial charge in [0.1, 0.15) is 0 Å². The Balaban J connectivity index is 2.63. The minimum absolute atomic E-state index is 0.00148. The summed E-state index contributed by atoms with van der Waals surface area (Å²) in [6.45, 7) is 2.82. The van der Waals surface area contributed by atoms with Crippen LogP contribution in [0.2, 0.25) is 0 Å². The Bertz CT molecular complexity index is 285. The molecule has 0 aromatic rings. The van der Waals surface area contributed by atoms with Crippen LogP contribution in [0.25, 0.3) is 0 Å². The fourth-order valence-corrected chi connectivity index (χ4v) is 2.98. The number of aliphatic carboxylic acids is 1. The van der Waals surface area contributed by atoms with E-state index in [-0.39, 0.29) is 24.3 Å². The van der Waals surface area contributed by atoms with Crippen molar-refractivity contribution in [1.29, 1.82) is 0 Å². The maximum absolute atomic E-state index is 12.1. The fraction of sp³-hybridized carbons (Fsp3) is 0.818. The molecule has 1 rings (SSSR count). The second-order valence-corrected chi connectivity index (χ2v) is 5.36. The van der Waals surface area contributed by atoms with Gasteiger partial charge in [-0.3, -0.25) is 9.59 Å². The molecule has 17 heavy (non-hydrogen) atoms. The van der Waals surface area contributed by atoms with Gasteiger partial charge in [-0.05, 0) is 0 Å². The minimum atomic E-state index is -0.852. The summed E-state index contributed by atoms with van der Waals surface area (Å²) in [5.41, 5.74) is 0. The largest absolute Gasteiger partial charge is 0.481 e. The lowest BCUT2D eigenvalue weighted by Gasteiger charge is -2.36. The Hall–Kier alpha value is -0.750. The van der Waals surface area contributed by atoms with Gasteiger partial charge in [0.05, 0.1) is 25.0 Å². The SMILES string of the molecule is COCC(C)C(=O)N1CCSCC1CC(=O)O. The van der Waals surface area contributed by atoms with E-state index in [0.29, 0.717) is 18.9 Å². The maximum atomic E-state index is 12.1. The monoisotopic (exact) mass is 261 g/mol. The third-order valence-electron chi connectivity index (χ3n) is 2.76. The van der Waals surface area contributed by atoms with Crippen molar-refractivity contribution in [3.8, 4) is 0 Å². The van der Waals surface area contributed by atoms with Gasteiger partial charge in [-0.25, -0.2) is 0 Å². The summed E-state index contributed by atoms with van der Waals surface area (Å²) in [4.78, 5) is 24.6. The van der Waals surface area contributed by atoms with Crippen molar-refractivity contribution in [3.05, 3.63) is 0 Å². The van der Waals surface area contributed by atoms with Gasteiger partial charge in [0, 0.05) is 25.2 Å². The van der Waals surface area contributed by atoms with Gasteiger partial charge >= 0.3 is 5.97 Å². The number of methoxy groups -OCH3 is 1. The highest BCUT2D eigenvalue weighted by Crippen LogP contribution is 2.21. The molecule has 1 aliphatic heterocycles. The van der Waals surface area contributed by atoms with E-state index >= 15 is 0 Å². The lowest BCUT2D eigenvalue weighted by Crippen LogP contribution is -2.49. The zero-order valence-corrected chi connectivity index (χ0v) is 11.0. The van der Waals surface area contributed by atoms with E-state index in [1.807, 2.05) is 6.92 Å². The Kier molecular flexibility index (Phi) is 5.77. The number of hydrogen-bond acceptors (Lipinski definition) is 4. The Morgan fingerprint density at radius 1 is 1.59 bits per heavy atom. The molecule has 2 atom stereocenters. The number of thioether (sulfide) groups is 1. The summed E-state index contributed by atoms with van der Waals surface area (Å²) in [7, 11) is 1.56. The van der Waals surface area contributed by atoms with E-state index in [2.05, 4.69) is 0 Å². The number of amides is 1. The highest BCUT2D eigenvalue weighted by atomic mass is 32.2. The molecule has 1 amide bonds. The van der Waals surface area contributed by atoms with Gasteiger partial charge < -0.3 is 14.7 Å². The molecule has 1 fully saturated rings. The number of nitrogens with zero attached hydrogens (tertiary/aromatic N) is 1. The summed E-state index contributed by atoms with van der Waals surface area (Å²) in [6, 6.07) is -0.182. The predicted molar refractivity (Wildman–Crippen MR) is 66.1 cm³/mol. The van der Waals surface area contributed by atoms with Crippen LogP contribution in [0.3, 0.4) is 0 Å². The molecule has 0 bridgehead atoms. The first-order valence-electron chi connectivity index (χ1n) is 5.65. The standard InChI is InChI=1S/C11H19NO4S/c1-8(6-16-2)11(15)12-3-4-17-7-9(12)5-10(13)14/h8-9H,3-7H2,1-2H3,(H,13,14). The molecule has 0 aromatic heterocycles. The molecule has 1 heterocycles. The second-order valence-electron chi connectivity index (χ2n) is 4.21. The average molecular weight is 261 g/mol. The molecule has 0 saturated carbocycles. The van der Waals surface area contributed by atoms with Crippen molar-refractivity contribution in [2.24, 2.45) is 5.92 Å². The highest BCUT2D eigenvalue weighted by Gasteiger charge is 2.31. The van der Waals surface area contributed by atoms with Crippen LogP contribution in [0.15, 0.2) is 0 Å². The zero-order chi connectivity index (χ0) is 12.8. The fourth-order valence-electron chi connectivity index (χ4n) is 1.92. The van der Waals surface area contributed by atoms with Gasteiger partial charge in [-0.2, -0.15) is 11.8 Å². The average Bonchev–Trinajstić information content (AvgIpc) is 2.28. The summed E-state index contributed by atoms with van der Waals surface area (Å²) < 4.78 is 4.96. The van der Waals surface area contributed by atoms with Gasteiger partial charge in [0.15, 0.2) is 0 Å². The van der Waals surface area contributed by atoms with Crippen LogP contribution in [-0.2, 0) is 14.3 Å². The first kappa shape index (κ1) is 14.3. The molecular formula is C11H19NO4S. The van der Waals surface area contributed by atoms with Crippen molar-refractivity contribution in [1.82, 2.24) is 4.90 Å². The molecule has 0 radical (unpaired) electrons. The predicted octanol–water partition coefficient (Wildman–Crippen LogP) is 0.688. The maximum Gasteiger partial charge on any atom is 0.305 e. The molecule has 0 aliphatic carbocycles. The Labute approximate surface area is 105 Å². The van der Waals surface area contributed by atoms with Crippen LogP contribution in [0.5, 0.6) is 0 Å². The molecule has 0 spiro atoms. The van der Waals surface area contributed by atoms with Crippen molar-refractivity contribution < 1.29 is 19.4 Å². The number of hydrogen-bond donors (Lipinski definition) is 1. The third-order valence-corrected chi connectivity index (χ3v) is 3.85. The van der Waals surface area contributed by atoms with E-state index in [1.54, 1.807) is 23.8 Å². The summed E-state index contributed by atoms with van der Waals surface area (Å²) in [5.74, 6) is 0.520. The highest BCUT2D eigenvalue weighted by molar-refractivity contribution is 7.99. The smallest absolute Gasteiger partial charge is 0.305 e. The second kappa shape index (κ2) is 6.86. The molecule has 1 N–H and O–H groups in total. The van der Waals surface area contributed by atoms with E-state index in [9.17, 15) is 9.59 Å². The Morgan fingerprint density at radius 3 is 2.88 bits per heavy atom. The number of carbonyl (C=O) groups is 2. The van der Waals surface area contributed by atoms with Crippen LogP contribution in [0, 0.1) is 5.92 Å². The number of rotatable bonds is 5. The molecule has 0 aromatic carbocycles. The molecule has 1 aliphatic rings. The quantitative estimate of drug-likeness (QED) is 0.788. The molecule has 98 valence electrons. The topological polar surface area (TPSA) is 66.8 Å². The van der Waals surface area contributed by atoms with Gasteiger partial charge in [-0.15, -0.1) is 0 Å². The summed E-state index contributed by atoms with van der Waals surface area (Å²) >= 11 is 1.70. The van der Waals surface area contributed by atoms with E-state index < -0.39 is 5.97 Å². The first-order chi connectivity index (χ1) is 8.06. The number of carboxylic acids is 1. The first-order valence-corrected chi connectivity index (χ1v) is 6.80. The van der Waals surface area contributed by atoms with Crippen LogP contribution in [0.4, 0.5) is 0 Å². The van der Waals surface area contributed by atoms with E-state index in [4.69, 9.17) is 9.84 Å². The Morgan fingerprint density at radius 2 is 2.29 bits per heavy atom. The van der Waals surface area contributed by atoms with Crippen molar-refractivity contribution in [3.63, 3.8) is 0 Å². The molecular weight excluding hydrogens is 242 g/mol. The van der Waals surface area contributed by atoms with Crippen molar-refractivity contribution >= 4 is 23.6 Å². The van der Waals surface area contributed by atoms with Crippen molar-refractivity contribution in [2.75, 3.05) is 31.8 Å². The van der Waals surface area contributed by atoms with Crippen LogP contribution < -0.4 is 0 Å². The van der Waals surface area contributed by atoms with Crippen LogP contribution >= 0.6 is 11.8 Å². The van der Waals surface area contributed by atoms with E-state index in [1.165, 1.54) is 0 Å². The van der Waals surface area contributed by atoms with Gasteiger partial charge in [-0.1, -0.05) is 6.92 Å². The van der Waals surface area contributed by atoms with Crippen LogP contribution in [-0.4, -0.2) is 59.7 Å². The normalized spacial score (nSPS) is 22.2. The van der Waals surface area contributed by atoms with Crippen molar-refractivity contribution in [2.45, 2.75) is 19.4 Å². The van der Waals surface area contributed by atoms with Crippen LogP contribution in [0.1, 0.15) is 13.3 Å².